The van der Waals surface area contributed by atoms with Crippen LogP contribution >= 0.6 is 11.6 Å². The first-order chi connectivity index (χ1) is 9.13. The summed E-state index contributed by atoms with van der Waals surface area (Å²) in [5, 5.41) is 8.22. The number of hydrogen-bond donors (Lipinski definition) is 1. The van der Waals surface area contributed by atoms with E-state index in [0.717, 1.165) is 28.3 Å². The van der Waals surface area contributed by atoms with Gasteiger partial charge in [-0.15, -0.1) is 0 Å². The molecule has 1 atom stereocenters. The molecule has 4 nitrogen and oxygen atoms in total. The molecule has 0 aliphatic heterocycles. The molecule has 19 heavy (non-hydrogen) atoms. The van der Waals surface area contributed by atoms with Gasteiger partial charge >= 0.3 is 0 Å². The van der Waals surface area contributed by atoms with E-state index in [2.05, 4.69) is 10.4 Å². The van der Waals surface area contributed by atoms with Gasteiger partial charge in [0.2, 0.25) is 0 Å². The van der Waals surface area contributed by atoms with Crippen LogP contribution in [0.3, 0.4) is 0 Å². The number of halogens is 1. The van der Waals surface area contributed by atoms with Gasteiger partial charge < -0.3 is 10.1 Å². The van der Waals surface area contributed by atoms with E-state index in [1.165, 1.54) is 0 Å². The van der Waals surface area contributed by atoms with Crippen molar-refractivity contribution in [2.24, 2.45) is 7.05 Å². The smallest absolute Gasteiger partial charge is 0.122 e. The van der Waals surface area contributed by atoms with Gasteiger partial charge in [-0.3, -0.25) is 4.68 Å². The van der Waals surface area contributed by atoms with Crippen LogP contribution in [-0.4, -0.2) is 23.9 Å². The van der Waals surface area contributed by atoms with Crippen LogP contribution in [-0.2, 0) is 13.5 Å². The molecule has 2 aromatic rings. The Morgan fingerprint density at radius 3 is 2.84 bits per heavy atom. The molecule has 1 aromatic heterocycles. The van der Waals surface area contributed by atoms with Crippen LogP contribution in [0.1, 0.15) is 17.2 Å². The van der Waals surface area contributed by atoms with Crippen LogP contribution in [0, 0.1) is 0 Å². The number of rotatable bonds is 5. The lowest BCUT2D eigenvalue weighted by atomic mass is 10.0. The molecule has 0 aliphatic rings. The summed E-state index contributed by atoms with van der Waals surface area (Å²) in [5.41, 5.74) is 2.23. The van der Waals surface area contributed by atoms with Crippen molar-refractivity contribution < 1.29 is 4.74 Å². The van der Waals surface area contributed by atoms with Crippen LogP contribution in [0.25, 0.3) is 0 Å². The Morgan fingerprint density at radius 2 is 2.26 bits per heavy atom. The molecule has 1 aromatic carbocycles. The molecular formula is C14H18ClN3O. The molecule has 2 rings (SSSR count). The highest BCUT2D eigenvalue weighted by Gasteiger charge is 2.15. The average molecular weight is 280 g/mol. The van der Waals surface area contributed by atoms with Crippen molar-refractivity contribution in [2.45, 2.75) is 12.5 Å². The number of nitrogens with one attached hydrogen (secondary N) is 1. The van der Waals surface area contributed by atoms with Crippen LogP contribution in [0.5, 0.6) is 5.75 Å². The third-order valence-corrected chi connectivity index (χ3v) is 3.38. The first-order valence-electron chi connectivity index (χ1n) is 6.12. The predicted molar refractivity (Wildman–Crippen MR) is 76.7 cm³/mol. The van der Waals surface area contributed by atoms with Crippen molar-refractivity contribution in [3.8, 4) is 5.75 Å². The summed E-state index contributed by atoms with van der Waals surface area (Å²) >= 11 is 6.06. The van der Waals surface area contributed by atoms with E-state index in [-0.39, 0.29) is 6.04 Å². The van der Waals surface area contributed by atoms with E-state index in [0.29, 0.717) is 0 Å². The highest BCUT2D eigenvalue weighted by molar-refractivity contribution is 6.30. The number of methoxy groups -OCH3 is 1. The Morgan fingerprint density at radius 1 is 1.47 bits per heavy atom. The second-order valence-corrected chi connectivity index (χ2v) is 4.89. The van der Waals surface area contributed by atoms with Gasteiger partial charge in [0, 0.05) is 29.9 Å². The maximum absolute atomic E-state index is 6.06. The first-order valence-corrected chi connectivity index (χ1v) is 6.50. The zero-order chi connectivity index (χ0) is 13.8. The molecule has 1 heterocycles. The molecule has 0 spiro atoms. The van der Waals surface area contributed by atoms with Gasteiger partial charge in [-0.2, -0.15) is 5.10 Å². The Balaban J connectivity index is 2.25. The van der Waals surface area contributed by atoms with Crippen molar-refractivity contribution >= 4 is 11.6 Å². The number of aryl methyl sites for hydroxylation is 1. The summed E-state index contributed by atoms with van der Waals surface area (Å²) in [6.07, 6.45) is 4.68. The third kappa shape index (κ3) is 3.28. The summed E-state index contributed by atoms with van der Waals surface area (Å²) in [7, 11) is 5.52. The normalized spacial score (nSPS) is 12.4. The first kappa shape index (κ1) is 13.9. The van der Waals surface area contributed by atoms with E-state index in [1.54, 1.807) is 11.8 Å². The Hall–Kier alpha value is -1.52. The van der Waals surface area contributed by atoms with Gasteiger partial charge in [0.05, 0.1) is 13.3 Å². The molecule has 1 unspecified atom stereocenters. The van der Waals surface area contributed by atoms with Crippen LogP contribution in [0.15, 0.2) is 30.6 Å². The van der Waals surface area contributed by atoms with E-state index in [1.807, 2.05) is 44.7 Å². The summed E-state index contributed by atoms with van der Waals surface area (Å²) in [5.74, 6) is 0.855. The maximum Gasteiger partial charge on any atom is 0.122 e. The van der Waals surface area contributed by atoms with Crippen LogP contribution in [0.4, 0.5) is 0 Å². The quantitative estimate of drug-likeness (QED) is 0.914. The molecule has 5 heteroatoms. The average Bonchev–Trinajstić information content (AvgIpc) is 2.82. The SMILES string of the molecule is CNC(Cc1cc(Cl)ccc1OC)c1cnn(C)c1. The highest BCUT2D eigenvalue weighted by atomic mass is 35.5. The van der Waals surface area contributed by atoms with Crippen molar-refractivity contribution in [3.63, 3.8) is 0 Å². The lowest BCUT2D eigenvalue weighted by Crippen LogP contribution is -2.18. The standard InChI is InChI=1S/C14H18ClN3O/c1-16-13(11-8-17-18(2)9-11)7-10-6-12(15)4-5-14(10)19-3/h4-6,8-9,13,16H,7H2,1-3H3. The molecule has 0 saturated carbocycles. The van der Waals surface area contributed by atoms with E-state index in [9.17, 15) is 0 Å². The lowest BCUT2D eigenvalue weighted by Gasteiger charge is -2.16. The number of nitrogens with zero attached hydrogens (tertiary/aromatic N) is 2. The fourth-order valence-corrected chi connectivity index (χ4v) is 2.33. The minimum atomic E-state index is 0.182. The van der Waals surface area contributed by atoms with Gasteiger partial charge in [-0.1, -0.05) is 11.6 Å². The second-order valence-electron chi connectivity index (χ2n) is 4.45. The maximum atomic E-state index is 6.06. The van der Waals surface area contributed by atoms with Gasteiger partial charge in [-0.25, -0.2) is 0 Å². The Labute approximate surface area is 118 Å². The highest BCUT2D eigenvalue weighted by Crippen LogP contribution is 2.27. The lowest BCUT2D eigenvalue weighted by molar-refractivity contribution is 0.406. The third-order valence-electron chi connectivity index (χ3n) is 3.14. The minimum Gasteiger partial charge on any atom is -0.496 e. The molecular weight excluding hydrogens is 262 g/mol. The van der Waals surface area contributed by atoms with Gasteiger partial charge in [0.1, 0.15) is 5.75 Å². The molecule has 0 amide bonds. The number of hydrogen-bond acceptors (Lipinski definition) is 3. The zero-order valence-electron chi connectivity index (χ0n) is 11.4. The van der Waals surface area contributed by atoms with Crippen LogP contribution < -0.4 is 10.1 Å². The topological polar surface area (TPSA) is 39.1 Å². The number of ether oxygens (including phenoxy) is 1. The minimum absolute atomic E-state index is 0.182. The van der Waals surface area contributed by atoms with Crippen molar-refractivity contribution in [3.05, 3.63) is 46.7 Å². The Bertz CT molecular complexity index is 553. The molecule has 1 N–H and O–H groups in total. The summed E-state index contributed by atoms with van der Waals surface area (Å²) in [6, 6.07) is 5.86. The monoisotopic (exact) mass is 279 g/mol. The van der Waals surface area contributed by atoms with Crippen molar-refractivity contribution in [1.29, 1.82) is 0 Å². The number of benzene rings is 1. The molecule has 0 saturated heterocycles. The van der Waals surface area contributed by atoms with Gasteiger partial charge in [0.15, 0.2) is 0 Å². The van der Waals surface area contributed by atoms with Crippen molar-refractivity contribution in [2.75, 3.05) is 14.2 Å². The van der Waals surface area contributed by atoms with Gasteiger partial charge in [0.25, 0.3) is 0 Å². The largest absolute Gasteiger partial charge is 0.496 e. The summed E-state index contributed by atoms with van der Waals surface area (Å²) in [4.78, 5) is 0. The number of aromatic nitrogens is 2. The molecule has 0 radical (unpaired) electrons. The Kier molecular flexibility index (Phi) is 4.45. The summed E-state index contributed by atoms with van der Waals surface area (Å²) < 4.78 is 7.18. The fourth-order valence-electron chi connectivity index (χ4n) is 2.13. The van der Waals surface area contributed by atoms with Crippen LogP contribution in [0.2, 0.25) is 5.02 Å². The molecule has 0 fully saturated rings. The predicted octanol–water partition coefficient (Wildman–Crippen LogP) is 2.59. The second kappa shape index (κ2) is 6.08. The van der Waals surface area contributed by atoms with E-state index >= 15 is 0 Å². The van der Waals surface area contributed by atoms with E-state index < -0.39 is 0 Å². The molecule has 102 valence electrons. The van der Waals surface area contributed by atoms with Gasteiger partial charge in [-0.05, 0) is 37.2 Å². The molecule has 0 aliphatic carbocycles. The molecule has 0 bridgehead atoms. The fraction of sp³-hybridized carbons (Fsp3) is 0.357. The summed E-state index contributed by atoms with van der Waals surface area (Å²) in [6.45, 7) is 0. The number of likely N-dealkylation sites (N-methyl/N-ethyl adjacent to an activating group) is 1. The van der Waals surface area contributed by atoms with E-state index in [4.69, 9.17) is 16.3 Å². The zero-order valence-corrected chi connectivity index (χ0v) is 12.1. The van der Waals surface area contributed by atoms with Crippen molar-refractivity contribution in [1.82, 2.24) is 15.1 Å².